The van der Waals surface area contributed by atoms with Crippen LogP contribution in [0.2, 0.25) is 0 Å². The zero-order valence-corrected chi connectivity index (χ0v) is 18.3. The Hall–Kier alpha value is -3.34. The normalized spacial score (nSPS) is 22.2. The lowest BCUT2D eigenvalue weighted by molar-refractivity contribution is -0.325. The van der Waals surface area contributed by atoms with E-state index in [9.17, 15) is 22.8 Å². The molecule has 182 valence electrons. The van der Waals surface area contributed by atoms with Gasteiger partial charge in [-0.3, -0.25) is 19.3 Å². The number of carbonyl (C=O) groups is 2. The smallest absolute Gasteiger partial charge is 0.493 e. The fourth-order valence-corrected chi connectivity index (χ4v) is 4.46. The summed E-state index contributed by atoms with van der Waals surface area (Å²) >= 11 is 0. The number of pyridine rings is 1. The molecule has 1 unspecified atom stereocenters. The Kier molecular flexibility index (Phi) is 6.65. The summed E-state index contributed by atoms with van der Waals surface area (Å²) in [5.74, 6) is -0.421. The van der Waals surface area contributed by atoms with Crippen LogP contribution in [-0.4, -0.2) is 68.1 Å². The van der Waals surface area contributed by atoms with E-state index in [1.165, 1.54) is 25.3 Å². The van der Waals surface area contributed by atoms with Crippen LogP contribution in [0.3, 0.4) is 0 Å². The number of likely N-dealkylation sites (tertiary alicyclic amines) is 1. The minimum Gasteiger partial charge on any atom is -0.493 e. The van der Waals surface area contributed by atoms with Crippen LogP contribution in [0.4, 0.5) is 13.2 Å². The topological polar surface area (TPSA) is 87.2 Å². The Labute approximate surface area is 193 Å². The van der Waals surface area contributed by atoms with Crippen molar-refractivity contribution in [1.29, 1.82) is 0 Å². The molecule has 34 heavy (non-hydrogen) atoms. The largest absolute Gasteiger partial charge is 0.522 e. The van der Waals surface area contributed by atoms with Gasteiger partial charge in [0.2, 0.25) is 0 Å². The fraction of sp³-hybridized carbons (Fsp3) is 0.435. The SMILES string of the molecule is COc1cc(C(=O)N2CC[C@]3(c4ccccn4)C(=O)OCC3C2)ccc1OCCOC(F)(F)F. The van der Waals surface area contributed by atoms with Crippen LogP contribution in [0.1, 0.15) is 22.5 Å². The molecule has 0 aliphatic carbocycles. The first-order valence-corrected chi connectivity index (χ1v) is 10.6. The first kappa shape index (κ1) is 23.8. The average molecular weight is 480 g/mol. The molecule has 1 amide bonds. The van der Waals surface area contributed by atoms with Gasteiger partial charge >= 0.3 is 12.3 Å². The van der Waals surface area contributed by atoms with Crippen LogP contribution >= 0.6 is 0 Å². The maximum absolute atomic E-state index is 13.2. The van der Waals surface area contributed by atoms with Crippen LogP contribution in [0.5, 0.6) is 11.5 Å². The van der Waals surface area contributed by atoms with E-state index >= 15 is 0 Å². The molecule has 0 saturated carbocycles. The van der Waals surface area contributed by atoms with E-state index in [2.05, 4.69) is 9.72 Å². The predicted octanol–water partition coefficient (Wildman–Crippen LogP) is 2.96. The molecule has 2 fully saturated rings. The molecule has 3 heterocycles. The molecular weight excluding hydrogens is 457 g/mol. The quantitative estimate of drug-likeness (QED) is 0.445. The number of ether oxygens (including phenoxy) is 4. The number of piperidine rings is 1. The minimum absolute atomic E-state index is 0.187. The highest BCUT2D eigenvalue weighted by Gasteiger charge is 2.57. The van der Waals surface area contributed by atoms with Crippen molar-refractivity contribution in [2.45, 2.75) is 18.2 Å². The maximum atomic E-state index is 13.2. The summed E-state index contributed by atoms with van der Waals surface area (Å²) in [6.45, 7) is -0.177. The highest BCUT2D eigenvalue weighted by Crippen LogP contribution is 2.44. The first-order chi connectivity index (χ1) is 16.2. The van der Waals surface area contributed by atoms with E-state index < -0.39 is 18.4 Å². The Balaban J connectivity index is 1.45. The highest BCUT2D eigenvalue weighted by molar-refractivity contribution is 5.95. The molecule has 1 aromatic carbocycles. The summed E-state index contributed by atoms with van der Waals surface area (Å²) in [7, 11) is 1.37. The Bertz CT molecular complexity index is 1050. The Morgan fingerprint density at radius 3 is 2.76 bits per heavy atom. The number of amides is 1. The summed E-state index contributed by atoms with van der Waals surface area (Å²) in [4.78, 5) is 31.9. The number of hydrogen-bond donors (Lipinski definition) is 0. The lowest BCUT2D eigenvalue weighted by Crippen LogP contribution is -2.53. The lowest BCUT2D eigenvalue weighted by atomic mass is 9.69. The number of benzene rings is 1. The van der Waals surface area contributed by atoms with Gasteiger partial charge in [-0.05, 0) is 36.8 Å². The fourth-order valence-electron chi connectivity index (χ4n) is 4.46. The van der Waals surface area contributed by atoms with Crippen molar-refractivity contribution >= 4 is 11.9 Å². The minimum atomic E-state index is -4.73. The van der Waals surface area contributed by atoms with Crippen molar-refractivity contribution in [3.63, 3.8) is 0 Å². The molecule has 8 nitrogen and oxygen atoms in total. The molecule has 4 rings (SSSR count). The van der Waals surface area contributed by atoms with Gasteiger partial charge in [0, 0.05) is 30.8 Å². The molecule has 0 bridgehead atoms. The van der Waals surface area contributed by atoms with Crippen LogP contribution in [0.15, 0.2) is 42.6 Å². The second-order valence-electron chi connectivity index (χ2n) is 7.99. The number of carbonyl (C=O) groups excluding carboxylic acids is 2. The molecule has 2 saturated heterocycles. The Morgan fingerprint density at radius 1 is 1.24 bits per heavy atom. The molecule has 2 aromatic rings. The van der Waals surface area contributed by atoms with Gasteiger partial charge in [0.05, 0.1) is 26.0 Å². The molecular formula is C23H23F3N2O6. The van der Waals surface area contributed by atoms with E-state index in [1.807, 2.05) is 6.07 Å². The van der Waals surface area contributed by atoms with Gasteiger partial charge in [-0.2, -0.15) is 0 Å². The van der Waals surface area contributed by atoms with E-state index in [0.717, 1.165) is 0 Å². The number of aromatic nitrogens is 1. The average Bonchev–Trinajstić information content (AvgIpc) is 3.18. The third-order valence-corrected chi connectivity index (χ3v) is 6.12. The molecule has 0 spiro atoms. The van der Waals surface area contributed by atoms with Crippen molar-refractivity contribution in [3.8, 4) is 11.5 Å². The molecule has 1 aromatic heterocycles. The maximum Gasteiger partial charge on any atom is 0.522 e. The van der Waals surface area contributed by atoms with Crippen molar-refractivity contribution in [1.82, 2.24) is 9.88 Å². The van der Waals surface area contributed by atoms with E-state index in [1.54, 1.807) is 23.2 Å². The van der Waals surface area contributed by atoms with E-state index in [4.69, 9.17) is 14.2 Å². The summed E-state index contributed by atoms with van der Waals surface area (Å²) in [6, 6.07) is 9.85. The number of cyclic esters (lactones) is 1. The molecule has 11 heteroatoms. The number of esters is 1. The van der Waals surface area contributed by atoms with Crippen molar-refractivity contribution in [2.24, 2.45) is 5.92 Å². The molecule has 2 aliphatic rings. The van der Waals surface area contributed by atoms with Gasteiger partial charge in [0.25, 0.3) is 5.91 Å². The third kappa shape index (κ3) is 4.65. The van der Waals surface area contributed by atoms with Gasteiger partial charge in [-0.15, -0.1) is 13.2 Å². The number of fused-ring (bicyclic) bond motifs is 1. The molecule has 2 aliphatic heterocycles. The number of methoxy groups -OCH3 is 1. The van der Waals surface area contributed by atoms with Gasteiger partial charge in [0.15, 0.2) is 11.5 Å². The van der Waals surface area contributed by atoms with Gasteiger partial charge in [0.1, 0.15) is 12.0 Å². The van der Waals surface area contributed by atoms with Crippen LogP contribution in [0.25, 0.3) is 0 Å². The van der Waals surface area contributed by atoms with Gasteiger partial charge < -0.3 is 19.1 Å². The lowest BCUT2D eigenvalue weighted by Gasteiger charge is -2.40. The number of alkyl halides is 3. The third-order valence-electron chi connectivity index (χ3n) is 6.12. The monoisotopic (exact) mass is 480 g/mol. The number of hydrogen-bond acceptors (Lipinski definition) is 7. The Morgan fingerprint density at radius 2 is 2.06 bits per heavy atom. The second-order valence-corrected chi connectivity index (χ2v) is 7.99. The van der Waals surface area contributed by atoms with Crippen LogP contribution in [-0.2, 0) is 19.7 Å². The van der Waals surface area contributed by atoms with Crippen LogP contribution < -0.4 is 9.47 Å². The summed E-state index contributed by atoms with van der Waals surface area (Å²) in [5.41, 5.74) is 0.102. The first-order valence-electron chi connectivity index (χ1n) is 10.6. The van der Waals surface area contributed by atoms with Crippen molar-refractivity contribution < 1.29 is 41.7 Å². The second kappa shape index (κ2) is 9.49. The molecule has 0 radical (unpaired) electrons. The van der Waals surface area contributed by atoms with Crippen molar-refractivity contribution in [2.75, 3.05) is 40.0 Å². The van der Waals surface area contributed by atoms with E-state index in [-0.39, 0.29) is 42.5 Å². The van der Waals surface area contributed by atoms with Crippen LogP contribution in [0, 0.1) is 5.92 Å². The predicted molar refractivity (Wildman–Crippen MR) is 111 cm³/mol. The van der Waals surface area contributed by atoms with E-state index in [0.29, 0.717) is 30.8 Å². The standard InChI is InChI=1S/C23H23F3N2O6/c1-31-18-12-15(5-6-17(18)32-10-11-34-23(24,25)26)20(29)28-9-7-22(19-4-2-3-8-27-19)16(13-28)14-33-21(22)30/h2-6,8,12,16H,7,9-11,13-14H2,1H3/t16?,22-/m0/s1. The van der Waals surface area contributed by atoms with Gasteiger partial charge in [-0.25, -0.2) is 0 Å². The zero-order valence-electron chi connectivity index (χ0n) is 18.3. The summed E-state index contributed by atoms with van der Waals surface area (Å²) in [5, 5.41) is 0. The molecule has 0 N–H and O–H groups in total. The summed E-state index contributed by atoms with van der Waals surface area (Å²) < 4.78 is 55.9. The highest BCUT2D eigenvalue weighted by atomic mass is 19.4. The van der Waals surface area contributed by atoms with Crippen molar-refractivity contribution in [3.05, 3.63) is 53.9 Å². The molecule has 2 atom stereocenters. The van der Waals surface area contributed by atoms with Gasteiger partial charge in [-0.1, -0.05) is 6.07 Å². The number of rotatable bonds is 7. The summed E-state index contributed by atoms with van der Waals surface area (Å²) in [6.07, 6.45) is -2.71. The number of halogens is 3. The zero-order chi connectivity index (χ0) is 24.3. The number of nitrogens with zero attached hydrogens (tertiary/aromatic N) is 2.